The largest absolute Gasteiger partial charge is 0.326 e. The lowest BCUT2D eigenvalue weighted by Gasteiger charge is -2.13. The molecule has 1 heterocycles. The molecule has 0 fully saturated rings. The summed E-state index contributed by atoms with van der Waals surface area (Å²) in [4.78, 5) is 0. The van der Waals surface area contributed by atoms with E-state index in [9.17, 15) is 8.42 Å². The second kappa shape index (κ2) is 6.17. The molecule has 2 rings (SSSR count). The van der Waals surface area contributed by atoms with Gasteiger partial charge in [-0.15, -0.1) is 0 Å². The quantitative estimate of drug-likeness (QED) is 0.738. The molecule has 0 saturated heterocycles. The van der Waals surface area contributed by atoms with Gasteiger partial charge in [-0.3, -0.25) is 5.10 Å². The molecule has 0 aliphatic heterocycles. The zero-order valence-corrected chi connectivity index (χ0v) is 12.0. The Balaban J connectivity index is 2.07. The molecule has 7 heteroatoms. The molecule has 1 atom stereocenters. The Kier molecular flexibility index (Phi) is 4.53. The van der Waals surface area contributed by atoms with Crippen molar-refractivity contribution < 1.29 is 8.42 Å². The third-order valence-electron chi connectivity index (χ3n) is 3.11. The van der Waals surface area contributed by atoms with Crippen LogP contribution in [0.5, 0.6) is 0 Å². The first-order valence-corrected chi connectivity index (χ1v) is 7.80. The number of nitrogens with two attached hydrogens (primary N) is 1. The first kappa shape index (κ1) is 14.7. The summed E-state index contributed by atoms with van der Waals surface area (Å²) in [5, 5.41) is 6.24. The smallest absolute Gasteiger partial charge is 0.257 e. The van der Waals surface area contributed by atoms with Crippen molar-refractivity contribution in [3.8, 4) is 0 Å². The van der Waals surface area contributed by atoms with Gasteiger partial charge in [0.05, 0.1) is 6.20 Å². The van der Waals surface area contributed by atoms with Gasteiger partial charge in [-0.05, 0) is 11.5 Å². The molecule has 0 bridgehead atoms. The van der Waals surface area contributed by atoms with Crippen LogP contribution < -0.4 is 10.5 Å². The van der Waals surface area contributed by atoms with Crippen molar-refractivity contribution in [1.29, 1.82) is 0 Å². The van der Waals surface area contributed by atoms with Crippen LogP contribution in [0.25, 0.3) is 0 Å². The molecule has 4 N–H and O–H groups in total. The molecule has 1 aromatic carbocycles. The second-order valence-corrected chi connectivity index (χ2v) is 6.30. The zero-order chi connectivity index (χ0) is 14.6. The highest BCUT2D eigenvalue weighted by molar-refractivity contribution is 7.89. The molecule has 1 aromatic heterocycles. The van der Waals surface area contributed by atoms with E-state index in [1.54, 1.807) is 0 Å². The van der Waals surface area contributed by atoms with E-state index in [4.69, 9.17) is 5.73 Å². The van der Waals surface area contributed by atoms with Gasteiger partial charge in [0.1, 0.15) is 0 Å². The van der Waals surface area contributed by atoms with Crippen LogP contribution in [0.3, 0.4) is 0 Å². The second-order valence-electron chi connectivity index (χ2n) is 4.59. The lowest BCUT2D eigenvalue weighted by Crippen LogP contribution is -2.29. The van der Waals surface area contributed by atoms with Crippen molar-refractivity contribution in [2.75, 3.05) is 6.54 Å². The van der Waals surface area contributed by atoms with E-state index < -0.39 is 10.0 Å². The number of nitrogens with zero attached hydrogens (tertiary/aromatic N) is 1. The molecular formula is C13H18N4O2S. The van der Waals surface area contributed by atoms with Gasteiger partial charge in [0.15, 0.2) is 5.03 Å². The summed E-state index contributed by atoms with van der Waals surface area (Å²) in [7, 11) is -3.61. The summed E-state index contributed by atoms with van der Waals surface area (Å²) < 4.78 is 26.9. The predicted molar refractivity (Wildman–Crippen MR) is 76.5 cm³/mol. The van der Waals surface area contributed by atoms with Crippen molar-refractivity contribution in [2.45, 2.75) is 24.4 Å². The standard InChI is InChI=1S/C13H18N4O2S/c1-10(11-5-3-2-4-6-11)8-16-20(18,19)13-12(7-14)9-15-17-13/h2-6,9-10,16H,7-8,14H2,1H3,(H,15,17). The topological polar surface area (TPSA) is 101 Å². The van der Waals surface area contributed by atoms with E-state index in [1.165, 1.54) is 6.20 Å². The van der Waals surface area contributed by atoms with E-state index >= 15 is 0 Å². The molecule has 0 radical (unpaired) electrons. The summed E-state index contributed by atoms with van der Waals surface area (Å²) in [5.74, 6) is 0.0789. The van der Waals surface area contributed by atoms with Gasteiger partial charge >= 0.3 is 0 Å². The Morgan fingerprint density at radius 1 is 1.35 bits per heavy atom. The number of hydrogen-bond acceptors (Lipinski definition) is 4. The molecule has 108 valence electrons. The van der Waals surface area contributed by atoms with E-state index in [0.717, 1.165) is 5.56 Å². The minimum atomic E-state index is -3.61. The third-order valence-corrected chi connectivity index (χ3v) is 4.55. The van der Waals surface area contributed by atoms with Crippen molar-refractivity contribution in [2.24, 2.45) is 5.73 Å². The Morgan fingerprint density at radius 3 is 2.70 bits per heavy atom. The van der Waals surface area contributed by atoms with Gasteiger partial charge in [-0.25, -0.2) is 13.1 Å². The van der Waals surface area contributed by atoms with Crippen molar-refractivity contribution in [3.63, 3.8) is 0 Å². The fraction of sp³-hybridized carbons (Fsp3) is 0.308. The van der Waals surface area contributed by atoms with Gasteiger partial charge in [0, 0.05) is 18.7 Å². The predicted octanol–water partition coefficient (Wildman–Crippen LogP) is 0.950. The van der Waals surface area contributed by atoms with E-state index in [0.29, 0.717) is 12.1 Å². The number of H-pyrrole nitrogens is 1. The average Bonchev–Trinajstić information content (AvgIpc) is 2.95. The normalized spacial score (nSPS) is 13.3. The average molecular weight is 294 g/mol. The summed E-state index contributed by atoms with van der Waals surface area (Å²) in [6.45, 7) is 2.41. The highest BCUT2D eigenvalue weighted by atomic mass is 32.2. The number of aromatic amines is 1. The Bertz CT molecular complexity index is 652. The lowest BCUT2D eigenvalue weighted by atomic mass is 10.0. The number of hydrogen-bond donors (Lipinski definition) is 3. The van der Waals surface area contributed by atoms with Crippen LogP contribution in [0.15, 0.2) is 41.6 Å². The molecular weight excluding hydrogens is 276 g/mol. The fourth-order valence-corrected chi connectivity index (χ4v) is 3.15. The summed E-state index contributed by atoms with van der Waals surface area (Å²) in [5.41, 5.74) is 7.05. The first-order chi connectivity index (χ1) is 9.54. The van der Waals surface area contributed by atoms with Crippen LogP contribution in [0.2, 0.25) is 0 Å². The van der Waals surface area contributed by atoms with Gasteiger partial charge in [-0.1, -0.05) is 37.3 Å². The van der Waals surface area contributed by atoms with Gasteiger partial charge in [0.2, 0.25) is 0 Å². The summed E-state index contributed by atoms with van der Waals surface area (Å²) >= 11 is 0. The highest BCUT2D eigenvalue weighted by Gasteiger charge is 2.20. The minimum absolute atomic E-state index is 0.0419. The maximum atomic E-state index is 12.2. The van der Waals surface area contributed by atoms with E-state index in [-0.39, 0.29) is 17.5 Å². The van der Waals surface area contributed by atoms with Gasteiger partial charge in [0.25, 0.3) is 10.0 Å². The van der Waals surface area contributed by atoms with Crippen LogP contribution in [-0.4, -0.2) is 25.2 Å². The maximum Gasteiger partial charge on any atom is 0.257 e. The maximum absolute atomic E-state index is 12.2. The number of rotatable bonds is 6. The van der Waals surface area contributed by atoms with Crippen molar-refractivity contribution in [3.05, 3.63) is 47.7 Å². The SMILES string of the molecule is CC(CNS(=O)(=O)c1[nH]ncc1CN)c1ccccc1. The number of aromatic nitrogens is 2. The molecule has 0 aliphatic rings. The molecule has 6 nitrogen and oxygen atoms in total. The minimum Gasteiger partial charge on any atom is -0.326 e. The van der Waals surface area contributed by atoms with Crippen LogP contribution in [0.4, 0.5) is 0 Å². The van der Waals surface area contributed by atoms with Crippen molar-refractivity contribution in [1.82, 2.24) is 14.9 Å². The number of nitrogens with one attached hydrogen (secondary N) is 2. The van der Waals surface area contributed by atoms with E-state index in [2.05, 4.69) is 14.9 Å². The molecule has 1 unspecified atom stereocenters. The Labute approximate surface area is 118 Å². The highest BCUT2D eigenvalue weighted by Crippen LogP contribution is 2.15. The molecule has 0 spiro atoms. The van der Waals surface area contributed by atoms with Crippen LogP contribution in [0, 0.1) is 0 Å². The first-order valence-electron chi connectivity index (χ1n) is 6.31. The monoisotopic (exact) mass is 294 g/mol. The van der Waals surface area contributed by atoms with Crippen LogP contribution >= 0.6 is 0 Å². The van der Waals surface area contributed by atoms with Gasteiger partial charge in [-0.2, -0.15) is 5.10 Å². The summed E-state index contributed by atoms with van der Waals surface area (Å²) in [6.07, 6.45) is 1.43. The number of benzene rings is 1. The molecule has 2 aromatic rings. The third kappa shape index (κ3) is 3.24. The summed E-state index contributed by atoms with van der Waals surface area (Å²) in [6, 6.07) is 9.74. The molecule has 0 aliphatic carbocycles. The zero-order valence-electron chi connectivity index (χ0n) is 11.2. The number of sulfonamides is 1. The molecule has 0 saturated carbocycles. The van der Waals surface area contributed by atoms with Gasteiger partial charge < -0.3 is 5.73 Å². The van der Waals surface area contributed by atoms with Crippen LogP contribution in [0.1, 0.15) is 24.0 Å². The Morgan fingerprint density at radius 2 is 2.05 bits per heavy atom. The molecule has 0 amide bonds. The van der Waals surface area contributed by atoms with E-state index in [1.807, 2.05) is 37.3 Å². The van der Waals surface area contributed by atoms with Crippen molar-refractivity contribution >= 4 is 10.0 Å². The Hall–Kier alpha value is -1.70. The van der Waals surface area contributed by atoms with Crippen LogP contribution in [-0.2, 0) is 16.6 Å². The lowest BCUT2D eigenvalue weighted by molar-refractivity contribution is 0.569. The molecule has 20 heavy (non-hydrogen) atoms. The fourth-order valence-electron chi connectivity index (χ4n) is 1.88.